The van der Waals surface area contributed by atoms with E-state index in [1.54, 1.807) is 0 Å². The quantitative estimate of drug-likeness (QED) is 0.619. The van der Waals surface area contributed by atoms with Gasteiger partial charge in [0.15, 0.2) is 0 Å². The summed E-state index contributed by atoms with van der Waals surface area (Å²) in [7, 11) is 0. The third-order valence-electron chi connectivity index (χ3n) is 4.15. The number of hydrogen-bond donors (Lipinski definition) is 0. The van der Waals surface area contributed by atoms with Gasteiger partial charge in [0.25, 0.3) is 0 Å². The van der Waals surface area contributed by atoms with Gasteiger partial charge in [0.05, 0.1) is 0 Å². The second kappa shape index (κ2) is 8.44. The molecule has 18 heavy (non-hydrogen) atoms. The molecule has 0 amide bonds. The van der Waals surface area contributed by atoms with Crippen LogP contribution in [0.2, 0.25) is 0 Å². The molecule has 0 aromatic heterocycles. The summed E-state index contributed by atoms with van der Waals surface area (Å²) in [5.41, 5.74) is 2.61. The summed E-state index contributed by atoms with van der Waals surface area (Å²) in [6.45, 7) is 10.8. The highest BCUT2D eigenvalue weighted by Gasteiger charge is 2.21. The standard InChI is InChI=1S/C16H30N2/c1-5-13(3)17-11-15-8-7-9-16(10-15)12-18-14(4)6-2/h15-16H,5-12H2,1-4H3. The van der Waals surface area contributed by atoms with Gasteiger partial charge in [0.2, 0.25) is 0 Å². The van der Waals surface area contributed by atoms with E-state index in [4.69, 9.17) is 9.98 Å². The molecule has 0 radical (unpaired) electrons. The topological polar surface area (TPSA) is 24.7 Å². The molecule has 0 bridgehead atoms. The Kier molecular flexibility index (Phi) is 7.22. The van der Waals surface area contributed by atoms with Crippen molar-refractivity contribution in [1.29, 1.82) is 0 Å². The zero-order valence-electron chi connectivity index (χ0n) is 12.7. The minimum Gasteiger partial charge on any atom is -0.294 e. The van der Waals surface area contributed by atoms with Gasteiger partial charge in [-0.25, -0.2) is 0 Å². The molecule has 1 saturated carbocycles. The number of aliphatic imine (C=N–C) groups is 2. The number of nitrogens with zero attached hydrogens (tertiary/aromatic N) is 2. The van der Waals surface area contributed by atoms with Crippen molar-refractivity contribution in [2.45, 2.75) is 66.2 Å². The van der Waals surface area contributed by atoms with Crippen molar-refractivity contribution in [3.8, 4) is 0 Å². The fourth-order valence-electron chi connectivity index (χ4n) is 2.53. The Morgan fingerprint density at radius 3 is 1.72 bits per heavy atom. The van der Waals surface area contributed by atoms with Crippen LogP contribution in [0.15, 0.2) is 9.98 Å². The number of rotatable bonds is 6. The first-order chi connectivity index (χ1) is 8.65. The Balaban J connectivity index is 2.36. The third kappa shape index (κ3) is 5.79. The molecule has 1 aliphatic carbocycles. The molecule has 1 fully saturated rings. The predicted octanol–water partition coefficient (Wildman–Crippen LogP) is 4.53. The van der Waals surface area contributed by atoms with Crippen LogP contribution in [0, 0.1) is 11.8 Å². The molecule has 0 N–H and O–H groups in total. The second-order valence-corrected chi connectivity index (χ2v) is 5.76. The second-order valence-electron chi connectivity index (χ2n) is 5.76. The average molecular weight is 250 g/mol. The zero-order valence-corrected chi connectivity index (χ0v) is 12.7. The molecule has 0 aromatic carbocycles. The molecule has 104 valence electrons. The summed E-state index contributed by atoms with van der Waals surface area (Å²) in [6, 6.07) is 0. The SMILES string of the molecule is CCC(C)=NCC1CCCC(CN=C(C)CC)C1. The predicted molar refractivity (Wildman–Crippen MR) is 82.0 cm³/mol. The van der Waals surface area contributed by atoms with Gasteiger partial charge in [-0.05, 0) is 57.8 Å². The van der Waals surface area contributed by atoms with Crippen LogP contribution in [0.5, 0.6) is 0 Å². The number of hydrogen-bond acceptors (Lipinski definition) is 2. The van der Waals surface area contributed by atoms with Gasteiger partial charge in [-0.3, -0.25) is 9.98 Å². The van der Waals surface area contributed by atoms with Crippen LogP contribution in [0.4, 0.5) is 0 Å². The van der Waals surface area contributed by atoms with Crippen LogP contribution in [0.25, 0.3) is 0 Å². The van der Waals surface area contributed by atoms with E-state index in [1.807, 2.05) is 0 Å². The van der Waals surface area contributed by atoms with Gasteiger partial charge in [0, 0.05) is 24.5 Å². The van der Waals surface area contributed by atoms with Crippen LogP contribution in [0.3, 0.4) is 0 Å². The van der Waals surface area contributed by atoms with E-state index in [9.17, 15) is 0 Å². The van der Waals surface area contributed by atoms with E-state index < -0.39 is 0 Å². The fourth-order valence-corrected chi connectivity index (χ4v) is 2.53. The molecule has 0 saturated heterocycles. The summed E-state index contributed by atoms with van der Waals surface area (Å²) in [6.07, 6.45) is 7.63. The lowest BCUT2D eigenvalue weighted by Crippen LogP contribution is -2.20. The van der Waals surface area contributed by atoms with E-state index in [0.717, 1.165) is 37.8 Å². The van der Waals surface area contributed by atoms with Crippen LogP contribution in [-0.4, -0.2) is 24.5 Å². The Bertz CT molecular complexity index is 263. The Morgan fingerprint density at radius 2 is 1.33 bits per heavy atom. The van der Waals surface area contributed by atoms with Gasteiger partial charge in [-0.2, -0.15) is 0 Å². The lowest BCUT2D eigenvalue weighted by molar-refractivity contribution is 0.278. The molecular weight excluding hydrogens is 220 g/mol. The molecule has 2 heteroatoms. The first kappa shape index (κ1) is 15.4. The van der Waals surface area contributed by atoms with E-state index in [2.05, 4.69) is 27.7 Å². The van der Waals surface area contributed by atoms with Gasteiger partial charge < -0.3 is 0 Å². The summed E-state index contributed by atoms with van der Waals surface area (Å²) < 4.78 is 0. The summed E-state index contributed by atoms with van der Waals surface area (Å²) in [5.74, 6) is 1.62. The molecule has 1 aliphatic rings. The molecule has 1 rings (SSSR count). The summed E-state index contributed by atoms with van der Waals surface area (Å²) >= 11 is 0. The Hall–Kier alpha value is -0.660. The maximum atomic E-state index is 4.69. The van der Waals surface area contributed by atoms with Crippen molar-refractivity contribution < 1.29 is 0 Å². The van der Waals surface area contributed by atoms with Gasteiger partial charge in [0.1, 0.15) is 0 Å². The Morgan fingerprint density at radius 1 is 0.889 bits per heavy atom. The molecule has 2 unspecified atom stereocenters. The zero-order chi connectivity index (χ0) is 13.4. The molecule has 2 nitrogen and oxygen atoms in total. The Labute approximate surface area is 113 Å². The van der Waals surface area contributed by atoms with Gasteiger partial charge >= 0.3 is 0 Å². The summed E-state index contributed by atoms with van der Waals surface area (Å²) in [5, 5.41) is 0. The van der Waals surface area contributed by atoms with Crippen LogP contribution >= 0.6 is 0 Å². The fraction of sp³-hybridized carbons (Fsp3) is 0.875. The molecule has 0 heterocycles. The molecular formula is C16H30N2. The molecule has 0 aromatic rings. The molecule has 0 spiro atoms. The van der Waals surface area contributed by atoms with E-state index in [0.29, 0.717) is 0 Å². The van der Waals surface area contributed by atoms with E-state index in [-0.39, 0.29) is 0 Å². The van der Waals surface area contributed by atoms with Crippen molar-refractivity contribution in [3.63, 3.8) is 0 Å². The van der Waals surface area contributed by atoms with Gasteiger partial charge in [-0.15, -0.1) is 0 Å². The minimum absolute atomic E-state index is 0.808. The van der Waals surface area contributed by atoms with E-state index in [1.165, 1.54) is 37.1 Å². The van der Waals surface area contributed by atoms with Crippen LogP contribution < -0.4 is 0 Å². The van der Waals surface area contributed by atoms with Crippen molar-refractivity contribution in [1.82, 2.24) is 0 Å². The highest BCUT2D eigenvalue weighted by molar-refractivity contribution is 5.81. The van der Waals surface area contributed by atoms with Crippen LogP contribution in [-0.2, 0) is 0 Å². The highest BCUT2D eigenvalue weighted by Crippen LogP contribution is 2.29. The van der Waals surface area contributed by atoms with Crippen molar-refractivity contribution in [2.24, 2.45) is 21.8 Å². The average Bonchev–Trinajstić information content (AvgIpc) is 2.42. The van der Waals surface area contributed by atoms with Crippen molar-refractivity contribution in [3.05, 3.63) is 0 Å². The maximum Gasteiger partial charge on any atom is 0.0416 e. The molecule has 0 aliphatic heterocycles. The summed E-state index contributed by atoms with van der Waals surface area (Å²) in [4.78, 5) is 9.39. The monoisotopic (exact) mass is 250 g/mol. The largest absolute Gasteiger partial charge is 0.294 e. The lowest BCUT2D eigenvalue weighted by atomic mass is 9.81. The normalized spacial score (nSPS) is 26.4. The highest BCUT2D eigenvalue weighted by atomic mass is 14.8. The van der Waals surface area contributed by atoms with Gasteiger partial charge in [-0.1, -0.05) is 20.3 Å². The lowest BCUT2D eigenvalue weighted by Gasteiger charge is -2.27. The van der Waals surface area contributed by atoms with E-state index >= 15 is 0 Å². The first-order valence-electron chi connectivity index (χ1n) is 7.65. The third-order valence-corrected chi connectivity index (χ3v) is 4.15. The smallest absolute Gasteiger partial charge is 0.0416 e. The first-order valence-corrected chi connectivity index (χ1v) is 7.65. The van der Waals surface area contributed by atoms with Crippen LogP contribution in [0.1, 0.15) is 66.2 Å². The van der Waals surface area contributed by atoms with Crippen molar-refractivity contribution >= 4 is 11.4 Å². The minimum atomic E-state index is 0.808. The van der Waals surface area contributed by atoms with Crippen molar-refractivity contribution in [2.75, 3.05) is 13.1 Å². The molecule has 2 atom stereocenters. The maximum absolute atomic E-state index is 4.69.